The van der Waals surface area contributed by atoms with E-state index in [4.69, 9.17) is 0 Å². The quantitative estimate of drug-likeness (QED) is 0.909. The maximum atomic E-state index is 14.5. The van der Waals surface area contributed by atoms with E-state index in [0.717, 1.165) is 31.7 Å². The van der Waals surface area contributed by atoms with Gasteiger partial charge in [-0.25, -0.2) is 18.9 Å². The molecule has 1 aliphatic carbocycles. The van der Waals surface area contributed by atoms with Gasteiger partial charge < -0.3 is 10.0 Å². The molecule has 136 valence electrons. The lowest BCUT2D eigenvalue weighted by molar-refractivity contribution is -0.141. The van der Waals surface area contributed by atoms with E-state index in [9.17, 15) is 19.1 Å². The van der Waals surface area contributed by atoms with Gasteiger partial charge in [0.25, 0.3) is 5.91 Å². The summed E-state index contributed by atoms with van der Waals surface area (Å²) in [6, 6.07) is 3.21. The molecule has 1 aliphatic heterocycles. The van der Waals surface area contributed by atoms with Gasteiger partial charge in [-0.2, -0.15) is 5.10 Å². The standard InChI is InChI=1S/C18H19FN4O3/c19-13-7-12(5-6-15(13)22-10-20-9-21-22)17(24)23-14-4-2-1-3-11(14)8-16(23)18(25)26/h5-7,9-11,14,16H,1-4,8H2,(H,25,26)/t11-,14+,16-/m0/s1. The van der Waals surface area contributed by atoms with E-state index in [1.807, 2.05) is 0 Å². The van der Waals surface area contributed by atoms with Crippen LogP contribution < -0.4 is 0 Å². The summed E-state index contributed by atoms with van der Waals surface area (Å²) in [5, 5.41) is 13.4. The first-order valence-electron chi connectivity index (χ1n) is 8.76. The summed E-state index contributed by atoms with van der Waals surface area (Å²) in [6.07, 6.45) is 6.94. The molecular weight excluding hydrogens is 339 g/mol. The molecule has 1 amide bonds. The zero-order valence-electron chi connectivity index (χ0n) is 14.1. The number of carboxylic acid groups (broad SMARTS) is 1. The molecule has 0 bridgehead atoms. The molecule has 0 radical (unpaired) electrons. The van der Waals surface area contributed by atoms with E-state index in [1.165, 1.54) is 34.4 Å². The number of carbonyl (C=O) groups is 2. The van der Waals surface area contributed by atoms with E-state index in [1.54, 1.807) is 0 Å². The van der Waals surface area contributed by atoms with Crippen LogP contribution in [0.15, 0.2) is 30.9 Å². The number of nitrogens with zero attached hydrogens (tertiary/aromatic N) is 4. The molecule has 2 aliphatic rings. The van der Waals surface area contributed by atoms with Gasteiger partial charge in [-0.05, 0) is 43.4 Å². The first-order valence-corrected chi connectivity index (χ1v) is 8.76. The SMILES string of the molecule is O=C(O)[C@@H]1C[C@@H]2CCCC[C@H]2N1C(=O)c1ccc(-n2cncn2)c(F)c1. The average molecular weight is 358 g/mol. The number of benzene rings is 1. The Labute approximate surface area is 149 Å². The number of carbonyl (C=O) groups excluding carboxylic acids is 1. The summed E-state index contributed by atoms with van der Waals surface area (Å²) < 4.78 is 15.7. The topological polar surface area (TPSA) is 88.3 Å². The summed E-state index contributed by atoms with van der Waals surface area (Å²) in [7, 11) is 0. The molecule has 1 saturated carbocycles. The summed E-state index contributed by atoms with van der Waals surface area (Å²) in [6.45, 7) is 0. The zero-order valence-corrected chi connectivity index (χ0v) is 14.1. The highest BCUT2D eigenvalue weighted by molar-refractivity contribution is 5.97. The number of amides is 1. The van der Waals surface area contributed by atoms with Crippen LogP contribution in [0.25, 0.3) is 5.69 Å². The Morgan fingerprint density at radius 3 is 2.73 bits per heavy atom. The van der Waals surface area contributed by atoms with Gasteiger partial charge in [-0.15, -0.1) is 0 Å². The Bertz CT molecular complexity index is 839. The van der Waals surface area contributed by atoms with Crippen molar-refractivity contribution in [2.24, 2.45) is 5.92 Å². The predicted octanol–water partition coefficient (Wildman–Crippen LogP) is 2.26. The molecule has 3 atom stereocenters. The van der Waals surface area contributed by atoms with Crippen molar-refractivity contribution >= 4 is 11.9 Å². The molecule has 8 heteroatoms. The fourth-order valence-electron chi connectivity index (χ4n) is 4.28. The Kier molecular flexibility index (Phi) is 4.18. The third kappa shape index (κ3) is 2.75. The Balaban J connectivity index is 1.65. The van der Waals surface area contributed by atoms with Crippen LogP contribution in [0.1, 0.15) is 42.5 Å². The second-order valence-electron chi connectivity index (χ2n) is 6.92. The van der Waals surface area contributed by atoms with Gasteiger partial charge in [0.1, 0.15) is 30.2 Å². The van der Waals surface area contributed by atoms with Crippen LogP contribution in [-0.2, 0) is 4.79 Å². The minimum Gasteiger partial charge on any atom is -0.480 e. The van der Waals surface area contributed by atoms with Crippen LogP contribution in [0.5, 0.6) is 0 Å². The smallest absolute Gasteiger partial charge is 0.326 e. The number of fused-ring (bicyclic) bond motifs is 1. The van der Waals surface area contributed by atoms with Crippen molar-refractivity contribution in [2.75, 3.05) is 0 Å². The second-order valence-corrected chi connectivity index (χ2v) is 6.92. The van der Waals surface area contributed by atoms with Crippen molar-refractivity contribution in [3.8, 4) is 5.69 Å². The Morgan fingerprint density at radius 1 is 1.23 bits per heavy atom. The number of hydrogen-bond donors (Lipinski definition) is 1. The van der Waals surface area contributed by atoms with Crippen molar-refractivity contribution in [1.82, 2.24) is 19.7 Å². The Morgan fingerprint density at radius 2 is 2.04 bits per heavy atom. The molecule has 2 heterocycles. The summed E-state index contributed by atoms with van der Waals surface area (Å²) in [5.74, 6) is -1.80. The molecule has 1 aromatic heterocycles. The normalized spacial score (nSPS) is 25.1. The van der Waals surface area contributed by atoms with Crippen molar-refractivity contribution in [2.45, 2.75) is 44.2 Å². The number of rotatable bonds is 3. The molecule has 0 spiro atoms. The maximum absolute atomic E-state index is 14.5. The van der Waals surface area contributed by atoms with Crippen LogP contribution in [0.4, 0.5) is 4.39 Å². The van der Waals surface area contributed by atoms with Crippen molar-refractivity contribution in [3.05, 3.63) is 42.2 Å². The number of hydrogen-bond acceptors (Lipinski definition) is 4. The molecule has 1 saturated heterocycles. The monoisotopic (exact) mass is 358 g/mol. The number of aliphatic carboxylic acids is 1. The van der Waals surface area contributed by atoms with E-state index in [0.29, 0.717) is 6.42 Å². The van der Waals surface area contributed by atoms with Crippen LogP contribution in [0, 0.1) is 11.7 Å². The lowest BCUT2D eigenvalue weighted by Gasteiger charge is -2.33. The van der Waals surface area contributed by atoms with Gasteiger partial charge in [0, 0.05) is 11.6 Å². The lowest BCUT2D eigenvalue weighted by Crippen LogP contribution is -2.46. The molecule has 7 nitrogen and oxygen atoms in total. The first kappa shape index (κ1) is 16.7. The number of carboxylic acids is 1. The summed E-state index contributed by atoms with van der Waals surface area (Å²) in [5.41, 5.74) is 0.342. The third-order valence-electron chi connectivity index (χ3n) is 5.47. The average Bonchev–Trinajstić information content (AvgIpc) is 3.28. The van der Waals surface area contributed by atoms with Gasteiger partial charge in [0.2, 0.25) is 0 Å². The van der Waals surface area contributed by atoms with Crippen LogP contribution >= 0.6 is 0 Å². The Hall–Kier alpha value is -2.77. The highest BCUT2D eigenvalue weighted by Gasteiger charge is 2.47. The van der Waals surface area contributed by atoms with Crippen LogP contribution in [0.3, 0.4) is 0 Å². The van der Waals surface area contributed by atoms with Gasteiger partial charge in [-0.3, -0.25) is 4.79 Å². The van der Waals surface area contributed by atoms with Gasteiger partial charge >= 0.3 is 5.97 Å². The van der Waals surface area contributed by atoms with E-state index < -0.39 is 23.7 Å². The zero-order chi connectivity index (χ0) is 18.3. The van der Waals surface area contributed by atoms with Crippen molar-refractivity contribution in [3.63, 3.8) is 0 Å². The largest absolute Gasteiger partial charge is 0.480 e. The third-order valence-corrected chi connectivity index (χ3v) is 5.47. The second kappa shape index (κ2) is 6.51. The fourth-order valence-corrected chi connectivity index (χ4v) is 4.28. The molecule has 1 N–H and O–H groups in total. The summed E-state index contributed by atoms with van der Waals surface area (Å²) >= 11 is 0. The van der Waals surface area contributed by atoms with Crippen LogP contribution in [0.2, 0.25) is 0 Å². The van der Waals surface area contributed by atoms with E-state index >= 15 is 0 Å². The minimum absolute atomic E-state index is 0.0737. The summed E-state index contributed by atoms with van der Waals surface area (Å²) in [4.78, 5) is 30.0. The van der Waals surface area contributed by atoms with E-state index in [2.05, 4.69) is 10.1 Å². The predicted molar refractivity (Wildman–Crippen MR) is 89.3 cm³/mol. The van der Waals surface area contributed by atoms with E-state index in [-0.39, 0.29) is 23.2 Å². The van der Waals surface area contributed by atoms with Crippen molar-refractivity contribution < 1.29 is 19.1 Å². The van der Waals surface area contributed by atoms with Gasteiger partial charge in [0.15, 0.2) is 0 Å². The number of aromatic nitrogens is 3. The molecule has 2 aromatic rings. The number of halogens is 1. The molecule has 26 heavy (non-hydrogen) atoms. The number of likely N-dealkylation sites (tertiary alicyclic amines) is 1. The fraction of sp³-hybridized carbons (Fsp3) is 0.444. The highest BCUT2D eigenvalue weighted by atomic mass is 19.1. The molecule has 4 rings (SSSR count). The maximum Gasteiger partial charge on any atom is 0.326 e. The molecule has 0 unspecified atom stereocenters. The highest BCUT2D eigenvalue weighted by Crippen LogP contribution is 2.40. The van der Waals surface area contributed by atoms with Crippen molar-refractivity contribution in [1.29, 1.82) is 0 Å². The lowest BCUT2D eigenvalue weighted by atomic mass is 9.84. The van der Waals surface area contributed by atoms with Gasteiger partial charge in [0.05, 0.1) is 0 Å². The molecule has 2 fully saturated rings. The van der Waals surface area contributed by atoms with Crippen LogP contribution in [-0.4, -0.2) is 48.7 Å². The van der Waals surface area contributed by atoms with Gasteiger partial charge in [-0.1, -0.05) is 12.8 Å². The first-order chi connectivity index (χ1) is 12.6. The minimum atomic E-state index is -0.993. The molecule has 1 aromatic carbocycles. The molecular formula is C18H19FN4O3.